The highest BCUT2D eigenvalue weighted by Crippen LogP contribution is 2.30. The average Bonchev–Trinajstić information content (AvgIpc) is 2.61. The van der Waals surface area contributed by atoms with Crippen LogP contribution in [0.2, 0.25) is 5.02 Å². The highest BCUT2D eigenvalue weighted by atomic mass is 79.9. The van der Waals surface area contributed by atoms with Crippen LogP contribution in [0.4, 0.5) is 0 Å². The zero-order valence-electron chi connectivity index (χ0n) is 8.63. The molecule has 0 spiro atoms. The van der Waals surface area contributed by atoms with Gasteiger partial charge < -0.3 is 0 Å². The van der Waals surface area contributed by atoms with E-state index in [0.29, 0.717) is 10.4 Å². The lowest BCUT2D eigenvalue weighted by Crippen LogP contribution is -2.27. The Bertz CT molecular complexity index is 273. The summed E-state index contributed by atoms with van der Waals surface area (Å²) in [5.74, 6) is 0. The molecule has 0 aliphatic rings. The molecule has 14 heavy (non-hydrogen) atoms. The first kappa shape index (κ1) is 12.1. The lowest BCUT2D eigenvalue weighted by Gasteiger charge is -2.29. The molecular formula is C10H16BrClN2. The van der Waals surface area contributed by atoms with Crippen molar-refractivity contribution < 1.29 is 0 Å². The number of hydrogen-bond acceptors (Lipinski definition) is 1. The molecular weight excluding hydrogens is 263 g/mol. The molecule has 1 aromatic heterocycles. The third-order valence-corrected chi connectivity index (χ3v) is 4.27. The second-order valence-corrected chi connectivity index (χ2v) is 4.69. The van der Waals surface area contributed by atoms with Crippen molar-refractivity contribution in [3.63, 3.8) is 0 Å². The van der Waals surface area contributed by atoms with Gasteiger partial charge in [-0.1, -0.05) is 41.4 Å². The standard InChI is InChI=1S/C10H16BrClN2/c1-3-10(4-2,7-11)8-14-6-9(12)5-13-14/h5-6H,3-4,7-8H2,1-2H3. The van der Waals surface area contributed by atoms with Crippen molar-refractivity contribution in [3.8, 4) is 0 Å². The van der Waals surface area contributed by atoms with E-state index in [-0.39, 0.29) is 0 Å². The molecule has 0 amide bonds. The SMILES string of the molecule is CCC(CC)(CBr)Cn1cc(Cl)cn1. The van der Waals surface area contributed by atoms with Crippen molar-refractivity contribution in [1.29, 1.82) is 0 Å². The zero-order chi connectivity index (χ0) is 10.6. The Hall–Kier alpha value is -0.0200. The summed E-state index contributed by atoms with van der Waals surface area (Å²) in [4.78, 5) is 0. The maximum absolute atomic E-state index is 5.82. The van der Waals surface area contributed by atoms with Gasteiger partial charge in [0.25, 0.3) is 0 Å². The van der Waals surface area contributed by atoms with Gasteiger partial charge in [0.05, 0.1) is 11.2 Å². The summed E-state index contributed by atoms with van der Waals surface area (Å²) in [5.41, 5.74) is 0.301. The predicted molar refractivity (Wildman–Crippen MR) is 64.0 cm³/mol. The highest BCUT2D eigenvalue weighted by Gasteiger charge is 2.25. The second-order valence-electron chi connectivity index (χ2n) is 3.70. The number of hydrogen-bond donors (Lipinski definition) is 0. The minimum Gasteiger partial charge on any atom is -0.271 e. The van der Waals surface area contributed by atoms with E-state index in [1.54, 1.807) is 6.20 Å². The van der Waals surface area contributed by atoms with Gasteiger partial charge in [0.1, 0.15) is 0 Å². The van der Waals surface area contributed by atoms with Gasteiger partial charge in [-0.2, -0.15) is 5.10 Å². The van der Waals surface area contributed by atoms with E-state index in [2.05, 4.69) is 34.9 Å². The van der Waals surface area contributed by atoms with Gasteiger partial charge >= 0.3 is 0 Å². The smallest absolute Gasteiger partial charge is 0.0785 e. The minimum atomic E-state index is 0.301. The number of nitrogens with zero attached hydrogens (tertiary/aromatic N) is 2. The zero-order valence-corrected chi connectivity index (χ0v) is 11.0. The van der Waals surface area contributed by atoms with Crippen LogP contribution in [0.5, 0.6) is 0 Å². The Morgan fingerprint density at radius 2 is 2.14 bits per heavy atom. The molecule has 0 N–H and O–H groups in total. The molecule has 0 atom stereocenters. The van der Waals surface area contributed by atoms with Gasteiger partial charge in [0, 0.05) is 18.1 Å². The van der Waals surface area contributed by atoms with Gasteiger partial charge in [0.2, 0.25) is 0 Å². The molecule has 0 bridgehead atoms. The lowest BCUT2D eigenvalue weighted by atomic mass is 9.85. The van der Waals surface area contributed by atoms with E-state index >= 15 is 0 Å². The molecule has 0 aliphatic carbocycles. The Kier molecular flexibility index (Phi) is 4.45. The van der Waals surface area contributed by atoms with Gasteiger partial charge in [-0.25, -0.2) is 0 Å². The summed E-state index contributed by atoms with van der Waals surface area (Å²) < 4.78 is 1.93. The first-order chi connectivity index (χ1) is 6.65. The van der Waals surface area contributed by atoms with Crippen LogP contribution in [-0.4, -0.2) is 15.1 Å². The van der Waals surface area contributed by atoms with Crippen LogP contribution in [0.15, 0.2) is 12.4 Å². The van der Waals surface area contributed by atoms with E-state index in [9.17, 15) is 0 Å². The molecule has 2 nitrogen and oxygen atoms in total. The van der Waals surface area contributed by atoms with Gasteiger partial charge in [-0.3, -0.25) is 4.68 Å². The van der Waals surface area contributed by atoms with Crippen molar-refractivity contribution >= 4 is 27.5 Å². The van der Waals surface area contributed by atoms with E-state index in [1.165, 1.54) is 0 Å². The van der Waals surface area contributed by atoms with E-state index in [1.807, 2.05) is 10.9 Å². The number of alkyl halides is 1. The van der Waals surface area contributed by atoms with Gasteiger partial charge in [-0.15, -0.1) is 0 Å². The Labute approximate surface area is 98.8 Å². The van der Waals surface area contributed by atoms with Crippen molar-refractivity contribution in [3.05, 3.63) is 17.4 Å². The number of halogens is 2. The molecule has 0 saturated carbocycles. The van der Waals surface area contributed by atoms with Crippen molar-refractivity contribution in [2.45, 2.75) is 33.2 Å². The normalized spacial score (nSPS) is 12.0. The summed E-state index contributed by atoms with van der Waals surface area (Å²) in [6.07, 6.45) is 5.86. The third-order valence-electron chi connectivity index (χ3n) is 2.88. The Morgan fingerprint density at radius 1 is 1.50 bits per heavy atom. The van der Waals surface area contributed by atoms with Crippen molar-refractivity contribution in [2.24, 2.45) is 5.41 Å². The Balaban J connectivity index is 2.73. The maximum atomic E-state index is 5.82. The van der Waals surface area contributed by atoms with Gasteiger partial charge in [-0.05, 0) is 18.3 Å². The summed E-state index contributed by atoms with van der Waals surface area (Å²) in [5, 5.41) is 5.92. The van der Waals surface area contributed by atoms with Crippen LogP contribution >= 0.6 is 27.5 Å². The first-order valence-electron chi connectivity index (χ1n) is 4.89. The van der Waals surface area contributed by atoms with Crippen LogP contribution in [0, 0.1) is 5.41 Å². The molecule has 0 aliphatic heterocycles. The topological polar surface area (TPSA) is 17.8 Å². The summed E-state index contributed by atoms with van der Waals surface area (Å²) in [6, 6.07) is 0. The second kappa shape index (κ2) is 5.17. The minimum absolute atomic E-state index is 0.301. The number of aromatic nitrogens is 2. The molecule has 0 unspecified atom stereocenters. The fourth-order valence-corrected chi connectivity index (χ4v) is 2.60. The van der Waals surface area contributed by atoms with E-state index in [0.717, 1.165) is 24.7 Å². The molecule has 0 fully saturated rings. The first-order valence-corrected chi connectivity index (χ1v) is 6.39. The fourth-order valence-electron chi connectivity index (χ4n) is 1.47. The molecule has 1 rings (SSSR count). The quantitative estimate of drug-likeness (QED) is 0.751. The van der Waals surface area contributed by atoms with Gasteiger partial charge in [0.15, 0.2) is 0 Å². The fraction of sp³-hybridized carbons (Fsp3) is 0.700. The molecule has 0 aromatic carbocycles. The predicted octanol–water partition coefficient (Wildman–Crippen LogP) is 3.74. The molecule has 80 valence electrons. The lowest BCUT2D eigenvalue weighted by molar-refractivity contribution is 0.248. The molecule has 4 heteroatoms. The summed E-state index contributed by atoms with van der Waals surface area (Å²) in [7, 11) is 0. The number of rotatable bonds is 5. The van der Waals surface area contributed by atoms with Crippen LogP contribution in [0.1, 0.15) is 26.7 Å². The maximum Gasteiger partial charge on any atom is 0.0785 e. The molecule has 0 saturated heterocycles. The van der Waals surface area contributed by atoms with Crippen LogP contribution in [0.3, 0.4) is 0 Å². The highest BCUT2D eigenvalue weighted by molar-refractivity contribution is 9.09. The molecule has 1 heterocycles. The van der Waals surface area contributed by atoms with Crippen molar-refractivity contribution in [1.82, 2.24) is 9.78 Å². The summed E-state index contributed by atoms with van der Waals surface area (Å²) >= 11 is 9.41. The molecule has 1 aromatic rings. The van der Waals surface area contributed by atoms with Crippen LogP contribution in [0.25, 0.3) is 0 Å². The third kappa shape index (κ3) is 2.74. The largest absolute Gasteiger partial charge is 0.271 e. The average molecular weight is 280 g/mol. The van der Waals surface area contributed by atoms with E-state index in [4.69, 9.17) is 11.6 Å². The Morgan fingerprint density at radius 3 is 2.50 bits per heavy atom. The monoisotopic (exact) mass is 278 g/mol. The summed E-state index contributed by atoms with van der Waals surface area (Å²) in [6.45, 7) is 5.36. The van der Waals surface area contributed by atoms with Crippen LogP contribution in [-0.2, 0) is 6.54 Å². The molecule has 0 radical (unpaired) electrons. The van der Waals surface area contributed by atoms with E-state index < -0.39 is 0 Å². The van der Waals surface area contributed by atoms with Crippen LogP contribution < -0.4 is 0 Å². The van der Waals surface area contributed by atoms with Crippen molar-refractivity contribution in [2.75, 3.05) is 5.33 Å².